The maximum Gasteiger partial charge on any atom is 0.279 e. The van der Waals surface area contributed by atoms with Gasteiger partial charge in [-0.15, -0.1) is 6.42 Å². The third-order valence-corrected chi connectivity index (χ3v) is 5.84. The summed E-state index contributed by atoms with van der Waals surface area (Å²) in [7, 11) is 0. The molecule has 1 aromatic carbocycles. The summed E-state index contributed by atoms with van der Waals surface area (Å²) in [4.78, 5) is 13.0. The van der Waals surface area contributed by atoms with Crippen molar-refractivity contribution in [3.63, 3.8) is 0 Å². The third-order valence-electron chi connectivity index (χ3n) is 5.55. The normalized spacial score (nSPS) is 15.0. The second kappa shape index (κ2) is 9.37. The number of nitrogens with zero attached hydrogens (tertiary/aromatic N) is 2. The lowest BCUT2D eigenvalue weighted by Crippen LogP contribution is -2.25. The molecule has 1 aliphatic rings. The predicted octanol–water partition coefficient (Wildman–Crippen LogP) is 4.87. The number of aromatic hydroxyl groups is 1. The number of halogens is 1. The summed E-state index contributed by atoms with van der Waals surface area (Å²) >= 11 is 6.48. The molecule has 3 rings (SSSR count). The van der Waals surface area contributed by atoms with Gasteiger partial charge in [0.05, 0.1) is 17.2 Å². The number of ether oxygens (including phenoxy) is 1. The fraction of sp³-hybridized carbons (Fsp3) is 0.478. The molecule has 1 saturated carbocycles. The fourth-order valence-corrected chi connectivity index (χ4v) is 4.16. The zero-order valence-electron chi connectivity index (χ0n) is 17.0. The molecular weight excluding hydrogens is 388 g/mol. The van der Waals surface area contributed by atoms with E-state index in [1.54, 1.807) is 13.0 Å². The van der Waals surface area contributed by atoms with Crippen LogP contribution in [0.15, 0.2) is 16.9 Å². The van der Waals surface area contributed by atoms with Crippen molar-refractivity contribution in [1.82, 2.24) is 9.78 Å². The lowest BCUT2D eigenvalue weighted by atomic mass is 9.98. The highest BCUT2D eigenvalue weighted by Crippen LogP contribution is 2.41. The molecule has 0 radical (unpaired) electrons. The first kappa shape index (κ1) is 21.3. The van der Waals surface area contributed by atoms with Crippen molar-refractivity contribution in [3.8, 4) is 35.0 Å². The molecule has 1 N–H and O–H groups in total. The summed E-state index contributed by atoms with van der Waals surface area (Å²) in [5.74, 6) is 3.15. The molecular formula is C23H27ClN2O3. The highest BCUT2D eigenvalue weighted by molar-refractivity contribution is 6.32. The maximum atomic E-state index is 13.0. The SMILES string of the molecule is C#CCn1nc(C)c(O)c(-c2c(C)ccc(Cl)c2OCC2CCCCCC2)c1=O. The Balaban J connectivity index is 2.07. The van der Waals surface area contributed by atoms with E-state index >= 15 is 0 Å². The van der Waals surface area contributed by atoms with Gasteiger partial charge in [-0.2, -0.15) is 5.10 Å². The highest BCUT2D eigenvalue weighted by atomic mass is 35.5. The summed E-state index contributed by atoms with van der Waals surface area (Å²) in [6.45, 7) is 4.06. The molecule has 154 valence electrons. The number of benzene rings is 1. The Morgan fingerprint density at radius 1 is 1.24 bits per heavy atom. The molecule has 5 nitrogen and oxygen atoms in total. The molecule has 0 saturated heterocycles. The minimum atomic E-state index is -0.462. The summed E-state index contributed by atoms with van der Waals surface area (Å²) in [5, 5.41) is 15.2. The van der Waals surface area contributed by atoms with Crippen LogP contribution in [0, 0.1) is 32.1 Å². The Hall–Kier alpha value is -2.45. The third kappa shape index (κ3) is 4.59. The van der Waals surface area contributed by atoms with Gasteiger partial charge in [-0.25, -0.2) is 4.68 Å². The number of aryl methyl sites for hydroxylation is 2. The minimum absolute atomic E-state index is 0.0187. The number of terminal acetylenes is 1. The Bertz CT molecular complexity index is 983. The Kier molecular flexibility index (Phi) is 6.87. The molecule has 0 amide bonds. The second-order valence-corrected chi connectivity index (χ2v) is 8.12. The topological polar surface area (TPSA) is 64.3 Å². The molecule has 1 aliphatic carbocycles. The first-order valence-electron chi connectivity index (χ1n) is 10.1. The quantitative estimate of drug-likeness (QED) is 0.560. The van der Waals surface area contributed by atoms with E-state index in [2.05, 4.69) is 11.0 Å². The van der Waals surface area contributed by atoms with Crippen molar-refractivity contribution in [1.29, 1.82) is 0 Å². The van der Waals surface area contributed by atoms with E-state index < -0.39 is 5.56 Å². The van der Waals surface area contributed by atoms with Crippen LogP contribution in [-0.4, -0.2) is 21.5 Å². The number of hydrogen-bond acceptors (Lipinski definition) is 4. The van der Waals surface area contributed by atoms with Crippen LogP contribution < -0.4 is 10.3 Å². The van der Waals surface area contributed by atoms with E-state index in [0.717, 1.165) is 18.4 Å². The van der Waals surface area contributed by atoms with Gasteiger partial charge < -0.3 is 9.84 Å². The molecule has 0 spiro atoms. The zero-order chi connectivity index (χ0) is 21.0. The van der Waals surface area contributed by atoms with Gasteiger partial charge in [0.1, 0.15) is 18.0 Å². The van der Waals surface area contributed by atoms with Crippen molar-refractivity contribution in [3.05, 3.63) is 38.8 Å². The van der Waals surface area contributed by atoms with Gasteiger partial charge in [0.2, 0.25) is 0 Å². The van der Waals surface area contributed by atoms with Gasteiger partial charge >= 0.3 is 0 Å². The van der Waals surface area contributed by atoms with Crippen LogP contribution in [0.2, 0.25) is 5.02 Å². The smallest absolute Gasteiger partial charge is 0.279 e. The minimum Gasteiger partial charge on any atom is -0.505 e. The van der Waals surface area contributed by atoms with Crippen molar-refractivity contribution in [2.75, 3.05) is 6.61 Å². The Labute approximate surface area is 176 Å². The molecule has 1 fully saturated rings. The van der Waals surface area contributed by atoms with Gasteiger partial charge in [-0.1, -0.05) is 49.3 Å². The highest BCUT2D eigenvalue weighted by Gasteiger charge is 2.24. The summed E-state index contributed by atoms with van der Waals surface area (Å²) in [5.41, 5.74) is 1.28. The van der Waals surface area contributed by atoms with Gasteiger partial charge in [0, 0.05) is 5.56 Å². The second-order valence-electron chi connectivity index (χ2n) is 7.71. The average molecular weight is 415 g/mol. The zero-order valence-corrected chi connectivity index (χ0v) is 17.8. The molecule has 0 aliphatic heterocycles. The van der Waals surface area contributed by atoms with Crippen LogP contribution in [0.1, 0.15) is 49.8 Å². The van der Waals surface area contributed by atoms with E-state index in [4.69, 9.17) is 22.8 Å². The molecule has 2 aromatic rings. The Morgan fingerprint density at radius 2 is 1.93 bits per heavy atom. The van der Waals surface area contributed by atoms with E-state index in [1.807, 2.05) is 13.0 Å². The van der Waals surface area contributed by atoms with E-state index in [0.29, 0.717) is 34.6 Å². The van der Waals surface area contributed by atoms with Crippen molar-refractivity contribution in [2.45, 2.75) is 58.9 Å². The number of hydrogen-bond donors (Lipinski definition) is 1. The van der Waals surface area contributed by atoms with Crippen molar-refractivity contribution < 1.29 is 9.84 Å². The standard InChI is InChI=1S/C23H27ClN2O3/c1-4-13-26-23(28)20(21(27)16(3)25-26)19-15(2)11-12-18(24)22(19)29-14-17-9-7-5-6-8-10-17/h1,11-12,17,27H,5-10,13-14H2,2-3H3. The van der Waals surface area contributed by atoms with Crippen LogP contribution in [0.4, 0.5) is 0 Å². The fourth-order valence-electron chi connectivity index (χ4n) is 3.94. The molecule has 0 unspecified atom stereocenters. The molecule has 29 heavy (non-hydrogen) atoms. The first-order chi connectivity index (χ1) is 13.9. The predicted molar refractivity (Wildman–Crippen MR) is 116 cm³/mol. The maximum absolute atomic E-state index is 13.0. The summed E-state index contributed by atoms with van der Waals surface area (Å²) in [6.07, 6.45) is 12.6. The van der Waals surface area contributed by atoms with Gasteiger partial charge in [0.25, 0.3) is 5.56 Å². The summed E-state index contributed by atoms with van der Waals surface area (Å²) in [6, 6.07) is 3.57. The lowest BCUT2D eigenvalue weighted by Gasteiger charge is -2.20. The number of aromatic nitrogens is 2. The van der Waals surface area contributed by atoms with Gasteiger partial charge in [-0.05, 0) is 44.2 Å². The van der Waals surface area contributed by atoms with Crippen LogP contribution in [0.25, 0.3) is 11.1 Å². The van der Waals surface area contributed by atoms with E-state index in [9.17, 15) is 9.90 Å². The molecule has 1 aromatic heterocycles. The van der Waals surface area contributed by atoms with Crippen molar-refractivity contribution >= 4 is 11.6 Å². The average Bonchev–Trinajstić information content (AvgIpc) is 2.97. The van der Waals surface area contributed by atoms with E-state index in [-0.39, 0.29) is 17.9 Å². The van der Waals surface area contributed by atoms with Crippen LogP contribution in [0.5, 0.6) is 11.5 Å². The van der Waals surface area contributed by atoms with Crippen molar-refractivity contribution in [2.24, 2.45) is 5.92 Å². The molecule has 0 bridgehead atoms. The van der Waals surface area contributed by atoms with Gasteiger partial charge in [0.15, 0.2) is 5.75 Å². The first-order valence-corrected chi connectivity index (χ1v) is 10.5. The Morgan fingerprint density at radius 3 is 2.59 bits per heavy atom. The van der Waals surface area contributed by atoms with Crippen LogP contribution >= 0.6 is 11.6 Å². The largest absolute Gasteiger partial charge is 0.505 e. The van der Waals surface area contributed by atoms with Gasteiger partial charge in [-0.3, -0.25) is 4.79 Å². The monoisotopic (exact) mass is 414 g/mol. The van der Waals surface area contributed by atoms with Crippen LogP contribution in [-0.2, 0) is 6.54 Å². The lowest BCUT2D eigenvalue weighted by molar-refractivity contribution is 0.234. The molecule has 6 heteroatoms. The van der Waals surface area contributed by atoms with Crippen LogP contribution in [0.3, 0.4) is 0 Å². The number of rotatable bonds is 5. The van der Waals surface area contributed by atoms with E-state index in [1.165, 1.54) is 30.4 Å². The molecule has 0 atom stereocenters. The molecule has 1 heterocycles. The summed E-state index contributed by atoms with van der Waals surface area (Å²) < 4.78 is 7.38.